The van der Waals surface area contributed by atoms with Crippen molar-refractivity contribution in [2.45, 2.75) is 43.4 Å². The lowest BCUT2D eigenvalue weighted by atomic mass is 9.86. The van der Waals surface area contributed by atoms with Crippen LogP contribution in [0.2, 0.25) is 0 Å². The molecule has 144 valence electrons. The molecule has 0 heterocycles. The highest BCUT2D eigenvalue weighted by Gasteiger charge is 2.76. The number of nitrogens with one attached hydrogen (secondary N) is 1. The summed E-state index contributed by atoms with van der Waals surface area (Å²) in [6, 6.07) is 7.67. The number of rotatable bonds is 5. The molecule has 0 radical (unpaired) electrons. The second kappa shape index (κ2) is 6.90. The van der Waals surface area contributed by atoms with Gasteiger partial charge in [0.2, 0.25) is 0 Å². The second-order valence-electron chi connectivity index (χ2n) is 5.76. The van der Waals surface area contributed by atoms with Gasteiger partial charge in [0.25, 0.3) is 0 Å². The van der Waals surface area contributed by atoms with Crippen molar-refractivity contribution in [1.29, 1.82) is 0 Å². The van der Waals surface area contributed by atoms with Crippen LogP contribution >= 0.6 is 0 Å². The molecule has 0 aliphatic heterocycles. The number of hydrogen-bond acceptors (Lipinski definition) is 3. The van der Waals surface area contributed by atoms with Gasteiger partial charge in [0, 0.05) is 23.4 Å². The number of hydrogen-bond donors (Lipinski definition) is 2. The Morgan fingerprint density at radius 2 is 1.54 bits per heavy atom. The van der Waals surface area contributed by atoms with E-state index < -0.39 is 35.5 Å². The minimum Gasteiger partial charge on any atom is -0.382 e. The number of para-hydroxylation sites is 1. The van der Waals surface area contributed by atoms with Gasteiger partial charge < -0.3 is 10.4 Å². The standard InChI is InChI=1S/C16H14F7NO2/c17-14(18,15(19,20)16(21,22)23)13(26)12-10(7-4-8-11(12)25)24-9-5-2-1-3-6-9/h1-3,5-6,13,24,26H,4,7-8H2. The Balaban J connectivity index is 2.47. The van der Waals surface area contributed by atoms with E-state index in [1.54, 1.807) is 18.2 Å². The van der Waals surface area contributed by atoms with Gasteiger partial charge >= 0.3 is 18.0 Å². The van der Waals surface area contributed by atoms with E-state index in [1.807, 2.05) is 0 Å². The first-order chi connectivity index (χ1) is 11.9. The van der Waals surface area contributed by atoms with E-state index in [1.165, 1.54) is 12.1 Å². The van der Waals surface area contributed by atoms with Crippen molar-refractivity contribution >= 4 is 11.5 Å². The van der Waals surface area contributed by atoms with Crippen LogP contribution in [0, 0.1) is 0 Å². The van der Waals surface area contributed by atoms with Crippen molar-refractivity contribution in [2.75, 3.05) is 5.32 Å². The Bertz CT molecular complexity index is 698. The van der Waals surface area contributed by atoms with E-state index in [4.69, 9.17) is 0 Å². The molecule has 0 aromatic heterocycles. The van der Waals surface area contributed by atoms with Crippen LogP contribution in [0.4, 0.5) is 36.4 Å². The highest BCUT2D eigenvalue weighted by Crippen LogP contribution is 2.50. The van der Waals surface area contributed by atoms with Gasteiger partial charge in [-0.2, -0.15) is 30.7 Å². The van der Waals surface area contributed by atoms with Crippen molar-refractivity contribution in [3.63, 3.8) is 0 Å². The number of carbonyl (C=O) groups is 1. The van der Waals surface area contributed by atoms with Gasteiger partial charge in [-0.15, -0.1) is 0 Å². The molecule has 26 heavy (non-hydrogen) atoms. The number of aliphatic hydroxyl groups excluding tert-OH is 1. The molecule has 1 unspecified atom stereocenters. The van der Waals surface area contributed by atoms with E-state index in [0.29, 0.717) is 5.69 Å². The van der Waals surface area contributed by atoms with Gasteiger partial charge in [0.05, 0.1) is 0 Å². The first-order valence-corrected chi connectivity index (χ1v) is 7.48. The van der Waals surface area contributed by atoms with Crippen LogP contribution in [-0.4, -0.2) is 35.0 Å². The van der Waals surface area contributed by atoms with Gasteiger partial charge in [-0.05, 0) is 25.0 Å². The molecule has 0 bridgehead atoms. The molecule has 0 saturated carbocycles. The first kappa shape index (κ1) is 20.2. The van der Waals surface area contributed by atoms with Crippen molar-refractivity contribution < 1.29 is 40.6 Å². The minimum atomic E-state index is -6.59. The predicted molar refractivity (Wildman–Crippen MR) is 77.9 cm³/mol. The maximum Gasteiger partial charge on any atom is 0.459 e. The number of halogens is 7. The van der Waals surface area contributed by atoms with Crippen molar-refractivity contribution in [3.8, 4) is 0 Å². The zero-order chi connectivity index (χ0) is 19.8. The molecule has 1 aliphatic carbocycles. The van der Waals surface area contributed by atoms with E-state index >= 15 is 0 Å². The smallest absolute Gasteiger partial charge is 0.382 e. The summed E-state index contributed by atoms with van der Waals surface area (Å²) in [5.74, 6) is -13.5. The van der Waals surface area contributed by atoms with Crippen LogP contribution in [0.25, 0.3) is 0 Å². The van der Waals surface area contributed by atoms with Gasteiger partial charge in [-0.3, -0.25) is 4.79 Å². The SMILES string of the molecule is O=C1CCCC(Nc2ccccc2)=C1C(O)C(F)(F)C(F)(F)C(F)(F)F. The Morgan fingerprint density at radius 3 is 2.08 bits per heavy atom. The molecule has 3 nitrogen and oxygen atoms in total. The molecule has 1 atom stereocenters. The summed E-state index contributed by atoms with van der Waals surface area (Å²) in [6.45, 7) is 0. The summed E-state index contributed by atoms with van der Waals surface area (Å²) in [7, 11) is 0. The summed E-state index contributed by atoms with van der Waals surface area (Å²) < 4.78 is 91.1. The van der Waals surface area contributed by atoms with Crippen LogP contribution in [-0.2, 0) is 4.79 Å². The predicted octanol–water partition coefficient (Wildman–Crippen LogP) is 4.30. The van der Waals surface area contributed by atoms with Crippen molar-refractivity contribution in [1.82, 2.24) is 0 Å². The molecular formula is C16H14F7NO2. The number of allylic oxidation sites excluding steroid dienone is 1. The Kier molecular flexibility index (Phi) is 5.36. The fraction of sp³-hybridized carbons (Fsp3) is 0.438. The quantitative estimate of drug-likeness (QED) is 0.744. The molecule has 0 saturated heterocycles. The third kappa shape index (κ3) is 3.55. The summed E-state index contributed by atoms with van der Waals surface area (Å²) in [6.07, 6.45) is -10.5. The summed E-state index contributed by atoms with van der Waals surface area (Å²) in [4.78, 5) is 11.9. The number of carbonyl (C=O) groups excluding carboxylic acids is 1. The molecule has 1 aromatic rings. The molecule has 0 fully saturated rings. The normalized spacial score (nSPS) is 18.1. The lowest BCUT2D eigenvalue weighted by Crippen LogP contribution is -2.59. The third-order valence-electron chi connectivity index (χ3n) is 3.92. The number of ketones is 1. The molecule has 10 heteroatoms. The number of anilines is 1. The van der Waals surface area contributed by atoms with E-state index in [0.717, 1.165) is 0 Å². The maximum absolute atomic E-state index is 13.8. The lowest BCUT2D eigenvalue weighted by molar-refractivity contribution is -0.367. The minimum absolute atomic E-state index is 0.0688. The number of benzene rings is 1. The third-order valence-corrected chi connectivity index (χ3v) is 3.92. The zero-order valence-electron chi connectivity index (χ0n) is 13.1. The van der Waals surface area contributed by atoms with Gasteiger partial charge in [-0.25, -0.2) is 0 Å². The highest BCUT2D eigenvalue weighted by atomic mass is 19.4. The van der Waals surface area contributed by atoms with Crippen LogP contribution in [0.1, 0.15) is 19.3 Å². The van der Waals surface area contributed by atoms with Gasteiger partial charge in [0.1, 0.15) is 0 Å². The average molecular weight is 385 g/mol. The lowest BCUT2D eigenvalue weighted by Gasteiger charge is -2.34. The Morgan fingerprint density at radius 1 is 0.962 bits per heavy atom. The molecular weight excluding hydrogens is 371 g/mol. The van der Waals surface area contributed by atoms with Crippen LogP contribution < -0.4 is 5.32 Å². The molecule has 1 aliphatic rings. The topological polar surface area (TPSA) is 49.3 Å². The number of Topliss-reactive ketones (excluding diaryl/α,β-unsaturated/α-hetero) is 1. The number of alkyl halides is 7. The number of aliphatic hydroxyl groups is 1. The van der Waals surface area contributed by atoms with E-state index in [9.17, 15) is 40.6 Å². The average Bonchev–Trinajstić information content (AvgIpc) is 2.54. The van der Waals surface area contributed by atoms with Crippen LogP contribution in [0.15, 0.2) is 41.6 Å². The highest BCUT2D eigenvalue weighted by molar-refractivity contribution is 5.98. The summed E-state index contributed by atoms with van der Waals surface area (Å²) in [5.41, 5.74) is -1.17. The Hall–Kier alpha value is -2.10. The molecule has 2 rings (SSSR count). The van der Waals surface area contributed by atoms with Crippen molar-refractivity contribution in [2.24, 2.45) is 0 Å². The maximum atomic E-state index is 13.8. The molecule has 0 spiro atoms. The van der Waals surface area contributed by atoms with Crippen molar-refractivity contribution in [3.05, 3.63) is 41.6 Å². The zero-order valence-corrected chi connectivity index (χ0v) is 13.1. The monoisotopic (exact) mass is 385 g/mol. The summed E-state index contributed by atoms with van der Waals surface area (Å²) in [5, 5.41) is 12.2. The Labute approximate surface area is 143 Å². The fourth-order valence-electron chi connectivity index (χ4n) is 2.55. The first-order valence-electron chi connectivity index (χ1n) is 7.48. The fourth-order valence-corrected chi connectivity index (χ4v) is 2.55. The van der Waals surface area contributed by atoms with Gasteiger partial charge in [0.15, 0.2) is 11.9 Å². The van der Waals surface area contributed by atoms with E-state index in [2.05, 4.69) is 5.32 Å². The summed E-state index contributed by atoms with van der Waals surface area (Å²) >= 11 is 0. The molecule has 2 N–H and O–H groups in total. The van der Waals surface area contributed by atoms with Crippen LogP contribution in [0.3, 0.4) is 0 Å². The largest absolute Gasteiger partial charge is 0.459 e. The molecule has 1 aromatic carbocycles. The van der Waals surface area contributed by atoms with Crippen LogP contribution in [0.5, 0.6) is 0 Å². The molecule has 0 amide bonds. The van der Waals surface area contributed by atoms with E-state index in [-0.39, 0.29) is 25.0 Å². The second-order valence-corrected chi connectivity index (χ2v) is 5.76. The van der Waals surface area contributed by atoms with Gasteiger partial charge in [-0.1, -0.05) is 18.2 Å².